The predicted molar refractivity (Wildman–Crippen MR) is 128 cm³/mol. The number of aryl methyl sites for hydroxylation is 1. The number of anilines is 2. The molecule has 0 atom stereocenters. The molecule has 11 nitrogen and oxygen atoms in total. The molecule has 0 saturated heterocycles. The molecule has 3 aromatic rings. The Labute approximate surface area is 202 Å². The van der Waals surface area contributed by atoms with E-state index in [0.29, 0.717) is 28.4 Å². The molecule has 0 saturated carbocycles. The second kappa shape index (κ2) is 11.1. The number of hydrogen-bond acceptors (Lipinski definition) is 10. The maximum Gasteiger partial charge on any atom is 0.378 e. The number of carbonyl (C=O) groups excluding carboxylic acids is 2. The number of esters is 1. The van der Waals surface area contributed by atoms with E-state index in [1.54, 1.807) is 52.3 Å². The minimum atomic E-state index is -0.672. The van der Waals surface area contributed by atoms with Crippen molar-refractivity contribution in [2.75, 3.05) is 32.8 Å². The quantitative estimate of drug-likeness (QED) is 0.330. The number of aromatic nitrogens is 2. The summed E-state index contributed by atoms with van der Waals surface area (Å²) in [6.07, 6.45) is 2.63. The van der Waals surface area contributed by atoms with Crippen molar-refractivity contribution >= 4 is 29.1 Å². The first-order valence-corrected chi connectivity index (χ1v) is 10.7. The Balaban J connectivity index is 1.85. The Kier molecular flexibility index (Phi) is 8.03. The molecule has 1 aromatic carbocycles. The molecule has 11 heteroatoms. The van der Waals surface area contributed by atoms with Gasteiger partial charge in [-0.25, -0.2) is 4.79 Å². The largest absolute Gasteiger partial charge is 0.497 e. The molecule has 0 aliphatic heterocycles. The lowest BCUT2D eigenvalue weighted by atomic mass is 10.1. The van der Waals surface area contributed by atoms with E-state index in [4.69, 9.17) is 24.0 Å². The second-order valence-electron chi connectivity index (χ2n) is 7.36. The summed E-state index contributed by atoms with van der Waals surface area (Å²) in [5, 5.41) is 11.3. The van der Waals surface area contributed by atoms with Crippen LogP contribution in [0.1, 0.15) is 34.3 Å². The van der Waals surface area contributed by atoms with Crippen LogP contribution >= 0.6 is 0 Å². The van der Waals surface area contributed by atoms with Gasteiger partial charge in [0.25, 0.3) is 11.7 Å². The van der Waals surface area contributed by atoms with Gasteiger partial charge in [-0.05, 0) is 32.0 Å². The van der Waals surface area contributed by atoms with Crippen LogP contribution < -0.4 is 19.7 Å². The molecular formula is C24H27N5O6. The Bertz CT molecular complexity index is 1240. The summed E-state index contributed by atoms with van der Waals surface area (Å²) in [5.41, 5.74) is 1.73. The number of oxazole rings is 1. The fraction of sp³-hybridized carbons (Fsp3) is 0.292. The number of amides is 1. The standard InChI is InChI=1S/C24H27N5O6/c1-6-34-24(31)21-22(28-13-35-21)29(3)18-12-26-14(2)9-17(18)20(25)23(30)27-11-15-7-8-16(32-4)10-19(15)33-5/h7-10,12-13,25H,6,11H2,1-5H3,(H,27,30). The van der Waals surface area contributed by atoms with Crippen LogP contribution in [0.2, 0.25) is 0 Å². The second-order valence-corrected chi connectivity index (χ2v) is 7.36. The van der Waals surface area contributed by atoms with Gasteiger partial charge >= 0.3 is 5.97 Å². The summed E-state index contributed by atoms with van der Waals surface area (Å²) in [5.74, 6) is -0.0212. The van der Waals surface area contributed by atoms with E-state index in [-0.39, 0.29) is 30.4 Å². The van der Waals surface area contributed by atoms with Gasteiger partial charge < -0.3 is 28.8 Å². The zero-order valence-electron chi connectivity index (χ0n) is 20.2. The van der Waals surface area contributed by atoms with Crippen LogP contribution in [0, 0.1) is 12.3 Å². The lowest BCUT2D eigenvalue weighted by Crippen LogP contribution is -2.32. The van der Waals surface area contributed by atoms with Crippen molar-refractivity contribution in [3.63, 3.8) is 0 Å². The fourth-order valence-corrected chi connectivity index (χ4v) is 3.33. The van der Waals surface area contributed by atoms with Crippen LogP contribution in [0.3, 0.4) is 0 Å². The lowest BCUT2D eigenvalue weighted by molar-refractivity contribution is -0.114. The Morgan fingerprint density at radius 2 is 1.94 bits per heavy atom. The predicted octanol–water partition coefficient (Wildman–Crippen LogP) is 3.02. The SMILES string of the molecule is CCOC(=O)c1ocnc1N(C)c1cnc(C)cc1C(=N)C(=O)NCc1ccc(OC)cc1OC. The molecule has 0 fully saturated rings. The molecule has 0 aliphatic rings. The molecule has 1 amide bonds. The molecule has 0 unspecified atom stereocenters. The van der Waals surface area contributed by atoms with E-state index in [1.165, 1.54) is 18.2 Å². The number of ether oxygens (including phenoxy) is 3. The van der Waals surface area contributed by atoms with Crippen molar-refractivity contribution < 1.29 is 28.2 Å². The highest BCUT2D eigenvalue weighted by atomic mass is 16.5. The van der Waals surface area contributed by atoms with Crippen molar-refractivity contribution in [2.45, 2.75) is 20.4 Å². The molecule has 2 N–H and O–H groups in total. The van der Waals surface area contributed by atoms with E-state index >= 15 is 0 Å². The van der Waals surface area contributed by atoms with Crippen molar-refractivity contribution in [2.24, 2.45) is 0 Å². The molecule has 0 spiro atoms. The first-order chi connectivity index (χ1) is 16.8. The van der Waals surface area contributed by atoms with Gasteiger partial charge in [0, 0.05) is 36.5 Å². The van der Waals surface area contributed by atoms with Gasteiger partial charge in [-0.2, -0.15) is 4.98 Å². The highest BCUT2D eigenvalue weighted by Gasteiger charge is 2.26. The monoisotopic (exact) mass is 481 g/mol. The van der Waals surface area contributed by atoms with E-state index in [0.717, 1.165) is 12.0 Å². The molecule has 2 heterocycles. The lowest BCUT2D eigenvalue weighted by Gasteiger charge is -2.21. The molecule has 3 rings (SSSR count). The highest BCUT2D eigenvalue weighted by Crippen LogP contribution is 2.30. The Hall–Kier alpha value is -4.41. The van der Waals surface area contributed by atoms with Crippen LogP contribution in [0.4, 0.5) is 11.5 Å². The maximum atomic E-state index is 12.9. The van der Waals surface area contributed by atoms with E-state index in [2.05, 4.69) is 15.3 Å². The minimum absolute atomic E-state index is 0.0940. The van der Waals surface area contributed by atoms with Crippen molar-refractivity contribution in [1.82, 2.24) is 15.3 Å². The van der Waals surface area contributed by atoms with Gasteiger partial charge in [0.2, 0.25) is 0 Å². The van der Waals surface area contributed by atoms with E-state index in [9.17, 15) is 9.59 Å². The summed E-state index contributed by atoms with van der Waals surface area (Å²) < 4.78 is 20.8. The molecule has 184 valence electrons. The zero-order valence-corrected chi connectivity index (χ0v) is 20.2. The van der Waals surface area contributed by atoms with Crippen molar-refractivity contribution in [3.05, 3.63) is 59.4 Å². The summed E-state index contributed by atoms with van der Waals surface area (Å²) >= 11 is 0. The van der Waals surface area contributed by atoms with Crippen LogP contribution in [-0.4, -0.2) is 55.4 Å². The summed E-state index contributed by atoms with van der Waals surface area (Å²) in [7, 11) is 4.71. The van der Waals surface area contributed by atoms with Crippen molar-refractivity contribution in [3.8, 4) is 11.5 Å². The molecule has 0 aliphatic carbocycles. The van der Waals surface area contributed by atoms with Crippen LogP contribution in [0.25, 0.3) is 0 Å². The number of hydrogen-bond donors (Lipinski definition) is 2. The highest BCUT2D eigenvalue weighted by molar-refractivity contribution is 6.45. The number of rotatable bonds is 10. The van der Waals surface area contributed by atoms with Gasteiger partial charge in [-0.15, -0.1) is 0 Å². The number of benzene rings is 1. The fourth-order valence-electron chi connectivity index (χ4n) is 3.33. The van der Waals surface area contributed by atoms with Gasteiger partial charge in [0.1, 0.15) is 17.2 Å². The van der Waals surface area contributed by atoms with Crippen molar-refractivity contribution in [1.29, 1.82) is 5.41 Å². The molecule has 0 bridgehead atoms. The van der Waals surface area contributed by atoms with Gasteiger partial charge in [0.05, 0.1) is 32.7 Å². The first kappa shape index (κ1) is 25.2. The number of nitrogens with one attached hydrogen (secondary N) is 2. The number of nitrogens with zero attached hydrogens (tertiary/aromatic N) is 3. The third kappa shape index (κ3) is 5.57. The van der Waals surface area contributed by atoms with Gasteiger partial charge in [0.15, 0.2) is 12.2 Å². The maximum absolute atomic E-state index is 12.9. The average molecular weight is 482 g/mol. The smallest absolute Gasteiger partial charge is 0.378 e. The average Bonchev–Trinajstić information content (AvgIpc) is 3.36. The van der Waals surface area contributed by atoms with E-state index in [1.807, 2.05) is 0 Å². The number of methoxy groups -OCH3 is 2. The van der Waals surface area contributed by atoms with Crippen LogP contribution in [0.15, 0.2) is 41.3 Å². The molecule has 0 radical (unpaired) electrons. The number of pyridine rings is 1. The molecular weight excluding hydrogens is 454 g/mol. The summed E-state index contributed by atoms with van der Waals surface area (Å²) in [6.45, 7) is 3.74. The summed E-state index contributed by atoms with van der Waals surface area (Å²) in [4.78, 5) is 35.1. The third-order valence-corrected chi connectivity index (χ3v) is 5.14. The van der Waals surface area contributed by atoms with Gasteiger partial charge in [-0.1, -0.05) is 0 Å². The molecule has 35 heavy (non-hydrogen) atoms. The topological polar surface area (TPSA) is 140 Å². The van der Waals surface area contributed by atoms with Crippen LogP contribution in [-0.2, 0) is 16.1 Å². The van der Waals surface area contributed by atoms with Gasteiger partial charge in [-0.3, -0.25) is 15.2 Å². The first-order valence-electron chi connectivity index (χ1n) is 10.7. The Morgan fingerprint density at radius 1 is 1.17 bits per heavy atom. The zero-order chi connectivity index (χ0) is 25.5. The molecule has 2 aromatic heterocycles. The normalized spacial score (nSPS) is 10.4. The summed E-state index contributed by atoms with van der Waals surface area (Å²) in [6, 6.07) is 6.86. The van der Waals surface area contributed by atoms with E-state index < -0.39 is 11.9 Å². The minimum Gasteiger partial charge on any atom is -0.497 e. The Morgan fingerprint density at radius 3 is 2.63 bits per heavy atom. The third-order valence-electron chi connectivity index (χ3n) is 5.14. The number of carbonyl (C=O) groups is 2. The van der Waals surface area contributed by atoms with Crippen LogP contribution in [0.5, 0.6) is 11.5 Å².